The van der Waals surface area contributed by atoms with Gasteiger partial charge in [0.1, 0.15) is 5.69 Å². The van der Waals surface area contributed by atoms with Gasteiger partial charge in [-0.15, -0.1) is 10.2 Å². The fraction of sp³-hybridized carbons (Fsp3) is 0.200. The number of hydrogen-bond acceptors (Lipinski definition) is 6. The van der Waals surface area contributed by atoms with E-state index in [0.29, 0.717) is 16.7 Å². The second-order valence-electron chi connectivity index (χ2n) is 5.41. The zero-order chi connectivity index (χ0) is 18.0. The third-order valence-corrected chi connectivity index (χ3v) is 5.21. The molecule has 0 aliphatic rings. The number of nitrogen functional groups attached to an aromatic ring is 1. The number of H-pyrrole nitrogens is 1. The van der Waals surface area contributed by atoms with Crippen LogP contribution < -0.4 is 11.2 Å². The second-order valence-corrected chi connectivity index (χ2v) is 7.21. The lowest BCUT2D eigenvalue weighted by Gasteiger charge is -2.07. The average molecular weight is 422 g/mol. The lowest BCUT2D eigenvalue weighted by molar-refractivity contribution is -0.113. The lowest BCUT2D eigenvalue weighted by Crippen LogP contribution is -2.16. The van der Waals surface area contributed by atoms with Crippen molar-refractivity contribution in [1.29, 1.82) is 0 Å². The first-order chi connectivity index (χ1) is 11.9. The van der Waals surface area contributed by atoms with Gasteiger partial charge in [0.25, 0.3) is 0 Å². The molecular formula is C15H16BrN7OS. The van der Waals surface area contributed by atoms with E-state index in [-0.39, 0.29) is 11.7 Å². The Kier molecular flexibility index (Phi) is 5.09. The molecule has 0 radical (unpaired) electrons. The number of anilines is 1. The number of nitrogens with one attached hydrogen (secondary N) is 2. The van der Waals surface area contributed by atoms with Crippen LogP contribution in [-0.4, -0.2) is 36.7 Å². The Morgan fingerprint density at radius 2 is 2.16 bits per heavy atom. The first-order valence-corrected chi connectivity index (χ1v) is 9.13. The standard InChI is InChI=1S/C15H16BrN7OS/c1-8-5-10(3-4-11(8)16)18-13(24)7-25-15-22-21-14(23(15)17)12-6-9(2)19-20-12/h3-6H,7,17H2,1-2H3,(H,18,24)(H,19,20). The smallest absolute Gasteiger partial charge is 0.234 e. The Labute approximate surface area is 156 Å². The monoisotopic (exact) mass is 421 g/mol. The average Bonchev–Trinajstić information content (AvgIpc) is 3.15. The molecule has 0 aliphatic carbocycles. The van der Waals surface area contributed by atoms with E-state index in [2.05, 4.69) is 41.6 Å². The van der Waals surface area contributed by atoms with Crippen LogP contribution >= 0.6 is 27.7 Å². The highest BCUT2D eigenvalue weighted by atomic mass is 79.9. The van der Waals surface area contributed by atoms with Crippen molar-refractivity contribution in [3.05, 3.63) is 40.0 Å². The van der Waals surface area contributed by atoms with E-state index in [9.17, 15) is 4.79 Å². The van der Waals surface area contributed by atoms with E-state index < -0.39 is 0 Å². The van der Waals surface area contributed by atoms with Crippen LogP contribution in [0.1, 0.15) is 11.3 Å². The molecule has 2 heterocycles. The van der Waals surface area contributed by atoms with Crippen molar-refractivity contribution in [3.8, 4) is 11.5 Å². The maximum absolute atomic E-state index is 12.1. The van der Waals surface area contributed by atoms with Gasteiger partial charge < -0.3 is 11.2 Å². The third-order valence-electron chi connectivity index (χ3n) is 3.37. The number of carbonyl (C=O) groups excluding carboxylic acids is 1. The summed E-state index contributed by atoms with van der Waals surface area (Å²) in [6.45, 7) is 3.85. The number of carbonyl (C=O) groups is 1. The van der Waals surface area contributed by atoms with Gasteiger partial charge in [0, 0.05) is 15.9 Å². The molecule has 3 rings (SSSR count). The summed E-state index contributed by atoms with van der Waals surface area (Å²) < 4.78 is 2.33. The minimum atomic E-state index is -0.146. The van der Waals surface area contributed by atoms with Gasteiger partial charge >= 0.3 is 0 Å². The molecule has 1 aromatic carbocycles. The van der Waals surface area contributed by atoms with Gasteiger partial charge in [-0.3, -0.25) is 9.89 Å². The summed E-state index contributed by atoms with van der Waals surface area (Å²) in [7, 11) is 0. The van der Waals surface area contributed by atoms with E-state index in [1.807, 2.05) is 38.1 Å². The normalized spacial score (nSPS) is 10.8. The zero-order valence-corrected chi connectivity index (χ0v) is 16.0. The number of aromatic amines is 1. The molecular weight excluding hydrogens is 406 g/mol. The molecule has 3 aromatic rings. The van der Waals surface area contributed by atoms with Crippen molar-refractivity contribution in [3.63, 3.8) is 0 Å². The summed E-state index contributed by atoms with van der Waals surface area (Å²) >= 11 is 4.64. The number of nitrogens with two attached hydrogens (primary N) is 1. The number of thioether (sulfide) groups is 1. The molecule has 25 heavy (non-hydrogen) atoms. The molecule has 2 aromatic heterocycles. The molecule has 0 aliphatic heterocycles. The molecule has 0 atom stereocenters. The molecule has 1 amide bonds. The molecule has 0 saturated carbocycles. The van der Waals surface area contributed by atoms with E-state index in [1.54, 1.807) is 0 Å². The second kappa shape index (κ2) is 7.28. The summed E-state index contributed by atoms with van der Waals surface area (Å²) in [5, 5.41) is 18.3. The zero-order valence-electron chi connectivity index (χ0n) is 13.6. The van der Waals surface area contributed by atoms with Crippen LogP contribution in [0, 0.1) is 13.8 Å². The summed E-state index contributed by atoms with van der Waals surface area (Å²) in [5.41, 5.74) is 3.30. The van der Waals surface area contributed by atoms with Gasteiger partial charge in [-0.1, -0.05) is 27.7 Å². The van der Waals surface area contributed by atoms with Crippen LogP contribution in [0.25, 0.3) is 11.5 Å². The van der Waals surface area contributed by atoms with Crippen LogP contribution in [0.5, 0.6) is 0 Å². The lowest BCUT2D eigenvalue weighted by atomic mass is 10.2. The van der Waals surface area contributed by atoms with Crippen molar-refractivity contribution < 1.29 is 4.79 Å². The fourth-order valence-corrected chi connectivity index (χ4v) is 3.04. The van der Waals surface area contributed by atoms with Gasteiger partial charge in [-0.05, 0) is 43.7 Å². The Morgan fingerprint density at radius 1 is 1.36 bits per heavy atom. The SMILES string of the molecule is Cc1cc(-c2nnc(SCC(=O)Nc3ccc(Br)c(C)c3)n2N)n[nH]1. The number of amides is 1. The molecule has 0 unspecified atom stereocenters. The van der Waals surface area contributed by atoms with Gasteiger partial charge in [-0.25, -0.2) is 4.68 Å². The maximum Gasteiger partial charge on any atom is 0.234 e. The highest BCUT2D eigenvalue weighted by molar-refractivity contribution is 9.10. The fourth-order valence-electron chi connectivity index (χ4n) is 2.13. The largest absolute Gasteiger partial charge is 0.335 e. The number of rotatable bonds is 5. The van der Waals surface area contributed by atoms with Gasteiger partial charge in [0.15, 0.2) is 0 Å². The minimum Gasteiger partial charge on any atom is -0.335 e. The van der Waals surface area contributed by atoms with Crippen LogP contribution in [-0.2, 0) is 4.79 Å². The summed E-state index contributed by atoms with van der Waals surface area (Å²) in [6.07, 6.45) is 0. The minimum absolute atomic E-state index is 0.146. The van der Waals surface area contributed by atoms with E-state index in [1.165, 1.54) is 16.4 Å². The molecule has 130 valence electrons. The summed E-state index contributed by atoms with van der Waals surface area (Å²) in [5.74, 6) is 6.46. The van der Waals surface area contributed by atoms with Gasteiger partial charge in [0.05, 0.1) is 5.75 Å². The Bertz CT molecular complexity index is 920. The number of halogens is 1. The molecule has 4 N–H and O–H groups in total. The first-order valence-electron chi connectivity index (χ1n) is 7.35. The van der Waals surface area contributed by atoms with Gasteiger partial charge in [-0.2, -0.15) is 5.10 Å². The quantitative estimate of drug-likeness (QED) is 0.430. The number of hydrogen-bond donors (Lipinski definition) is 3. The Hall–Kier alpha value is -2.33. The number of aryl methyl sites for hydroxylation is 2. The van der Waals surface area contributed by atoms with Crippen LogP contribution in [0.15, 0.2) is 33.9 Å². The summed E-state index contributed by atoms with van der Waals surface area (Å²) in [6, 6.07) is 7.45. The summed E-state index contributed by atoms with van der Waals surface area (Å²) in [4.78, 5) is 12.1. The van der Waals surface area contributed by atoms with Crippen LogP contribution in [0.2, 0.25) is 0 Å². The van der Waals surface area contributed by atoms with Crippen LogP contribution in [0.4, 0.5) is 5.69 Å². The molecule has 10 heteroatoms. The molecule has 0 bridgehead atoms. The van der Waals surface area contributed by atoms with Crippen molar-refractivity contribution >= 4 is 39.3 Å². The molecule has 8 nitrogen and oxygen atoms in total. The van der Waals surface area contributed by atoms with E-state index >= 15 is 0 Å². The Morgan fingerprint density at radius 3 is 2.84 bits per heavy atom. The number of nitrogens with zero attached hydrogens (tertiary/aromatic N) is 4. The van der Waals surface area contributed by atoms with Crippen molar-refractivity contribution in [2.45, 2.75) is 19.0 Å². The maximum atomic E-state index is 12.1. The van der Waals surface area contributed by atoms with Gasteiger partial charge in [0.2, 0.25) is 16.9 Å². The molecule has 0 saturated heterocycles. The van der Waals surface area contributed by atoms with E-state index in [4.69, 9.17) is 5.84 Å². The van der Waals surface area contributed by atoms with E-state index in [0.717, 1.165) is 21.4 Å². The molecule has 0 spiro atoms. The predicted molar refractivity (Wildman–Crippen MR) is 101 cm³/mol. The number of aromatic nitrogens is 5. The Balaban J connectivity index is 1.62. The van der Waals surface area contributed by atoms with Crippen molar-refractivity contribution in [1.82, 2.24) is 25.1 Å². The number of benzene rings is 1. The van der Waals surface area contributed by atoms with Crippen molar-refractivity contribution in [2.75, 3.05) is 16.9 Å². The third kappa shape index (κ3) is 4.02. The predicted octanol–water partition coefficient (Wildman–Crippen LogP) is 2.49. The highest BCUT2D eigenvalue weighted by Crippen LogP contribution is 2.22. The molecule has 0 fully saturated rings. The van der Waals surface area contributed by atoms with Crippen molar-refractivity contribution in [2.24, 2.45) is 0 Å². The van der Waals surface area contributed by atoms with Crippen LogP contribution in [0.3, 0.4) is 0 Å². The topological polar surface area (TPSA) is 115 Å². The highest BCUT2D eigenvalue weighted by Gasteiger charge is 2.15. The first kappa shape index (κ1) is 17.5.